The van der Waals surface area contributed by atoms with E-state index in [-0.39, 0.29) is 0 Å². The Morgan fingerprint density at radius 1 is 1.43 bits per heavy atom. The van der Waals surface area contributed by atoms with Crippen molar-refractivity contribution < 1.29 is 0 Å². The number of thiophene rings is 1. The Hall–Kier alpha value is -1.05. The van der Waals surface area contributed by atoms with Crippen LogP contribution in [-0.4, -0.2) is 46.6 Å². The molecule has 0 aromatic carbocycles. The number of aryl methyl sites for hydroxylation is 1. The summed E-state index contributed by atoms with van der Waals surface area (Å²) in [5.74, 6) is 4.13. The van der Waals surface area contributed by atoms with Gasteiger partial charge in [0, 0.05) is 36.3 Å². The molecule has 5 nitrogen and oxygen atoms in total. The normalized spacial score (nSPS) is 22.3. The van der Waals surface area contributed by atoms with E-state index in [4.69, 9.17) is 4.98 Å². The molecule has 4 rings (SSSR count). The summed E-state index contributed by atoms with van der Waals surface area (Å²) in [6.07, 6.45) is 1.20. The fraction of sp³-hybridized carbons (Fsp3) is 0.571. The van der Waals surface area contributed by atoms with Gasteiger partial charge in [-0.1, -0.05) is 0 Å². The minimum atomic E-state index is 0.492. The quantitative estimate of drug-likeness (QED) is 0.887. The predicted octanol–water partition coefficient (Wildman–Crippen LogP) is 2.12. The second-order valence-corrected chi connectivity index (χ2v) is 7.89. The van der Waals surface area contributed by atoms with E-state index in [2.05, 4.69) is 33.4 Å². The molecule has 0 saturated carbocycles. The number of aromatic nitrogens is 3. The van der Waals surface area contributed by atoms with Crippen molar-refractivity contribution in [2.24, 2.45) is 0 Å². The van der Waals surface area contributed by atoms with E-state index in [1.54, 1.807) is 0 Å². The Kier molecular flexibility index (Phi) is 3.64. The van der Waals surface area contributed by atoms with Crippen LogP contribution in [-0.2, 0) is 12.2 Å². The smallest absolute Gasteiger partial charge is 0.245 e. The van der Waals surface area contributed by atoms with Crippen LogP contribution in [0.5, 0.6) is 0 Å². The average molecular weight is 321 g/mol. The maximum absolute atomic E-state index is 4.72. The van der Waals surface area contributed by atoms with E-state index in [9.17, 15) is 0 Å². The molecule has 2 aliphatic rings. The first-order valence-corrected chi connectivity index (χ1v) is 9.37. The van der Waals surface area contributed by atoms with E-state index in [0.29, 0.717) is 6.04 Å². The highest BCUT2D eigenvalue weighted by Gasteiger charge is 2.21. The van der Waals surface area contributed by atoms with Crippen LogP contribution in [0.4, 0.5) is 5.95 Å². The van der Waals surface area contributed by atoms with Crippen molar-refractivity contribution in [3.05, 3.63) is 16.5 Å². The molecule has 2 aromatic heterocycles. The molecule has 0 aliphatic carbocycles. The zero-order chi connectivity index (χ0) is 14.2. The number of hydrogen-bond donors (Lipinski definition) is 2. The number of nitrogens with one attached hydrogen (secondary N) is 2. The first kappa shape index (κ1) is 13.6. The van der Waals surface area contributed by atoms with Crippen LogP contribution in [0.15, 0.2) is 6.07 Å². The summed E-state index contributed by atoms with van der Waals surface area (Å²) in [4.78, 5) is 9.72. The van der Waals surface area contributed by atoms with Crippen molar-refractivity contribution in [2.45, 2.75) is 25.1 Å². The number of hydrogen-bond acceptors (Lipinski definition) is 6. The standard InChI is InChI=1S/C14H19N5S2/c1-9-7-19(4-3-15-9)14-16-13(17-18-14)12-6-10-8-20-5-2-11(10)21-12/h6,9,15H,2-5,7-8H2,1H3,(H,16,17,18)/t9-/m1/s1. The van der Waals surface area contributed by atoms with Gasteiger partial charge in [0.05, 0.1) is 4.88 Å². The Labute approximate surface area is 132 Å². The van der Waals surface area contributed by atoms with Crippen molar-refractivity contribution in [1.29, 1.82) is 0 Å². The molecule has 4 heterocycles. The summed E-state index contributed by atoms with van der Waals surface area (Å²) in [6.45, 7) is 5.13. The molecule has 7 heteroatoms. The van der Waals surface area contributed by atoms with Crippen molar-refractivity contribution in [2.75, 3.05) is 30.3 Å². The molecule has 0 amide bonds. The van der Waals surface area contributed by atoms with E-state index in [1.807, 2.05) is 23.1 Å². The second kappa shape index (κ2) is 5.62. The van der Waals surface area contributed by atoms with Gasteiger partial charge in [-0.3, -0.25) is 5.10 Å². The molecule has 1 atom stereocenters. The van der Waals surface area contributed by atoms with Gasteiger partial charge in [-0.15, -0.1) is 16.4 Å². The third-order valence-corrected chi connectivity index (χ3v) is 6.24. The molecule has 2 aliphatic heterocycles. The average Bonchev–Trinajstić information content (AvgIpc) is 3.14. The third-order valence-electron chi connectivity index (χ3n) is 3.99. The molecule has 0 spiro atoms. The fourth-order valence-corrected chi connectivity index (χ4v) is 5.19. The molecule has 21 heavy (non-hydrogen) atoms. The number of thioether (sulfide) groups is 1. The number of fused-ring (bicyclic) bond motifs is 1. The highest BCUT2D eigenvalue weighted by molar-refractivity contribution is 7.98. The van der Waals surface area contributed by atoms with Crippen LogP contribution in [0.25, 0.3) is 10.7 Å². The summed E-state index contributed by atoms with van der Waals surface area (Å²) >= 11 is 3.89. The highest BCUT2D eigenvalue weighted by atomic mass is 32.2. The lowest BCUT2D eigenvalue weighted by molar-refractivity contribution is 0.480. The lowest BCUT2D eigenvalue weighted by atomic mass is 10.2. The van der Waals surface area contributed by atoms with Crippen LogP contribution in [0.3, 0.4) is 0 Å². The molecule has 2 aromatic rings. The Balaban J connectivity index is 1.57. The summed E-state index contributed by atoms with van der Waals surface area (Å²) in [6, 6.07) is 2.78. The van der Waals surface area contributed by atoms with Crippen LogP contribution >= 0.6 is 23.1 Å². The minimum absolute atomic E-state index is 0.492. The maximum Gasteiger partial charge on any atom is 0.245 e. The van der Waals surface area contributed by atoms with Crippen LogP contribution in [0, 0.1) is 0 Å². The third kappa shape index (κ3) is 2.69. The molecule has 2 N–H and O–H groups in total. The summed E-state index contributed by atoms with van der Waals surface area (Å²) in [5, 5.41) is 11.0. The maximum atomic E-state index is 4.72. The molecule has 1 saturated heterocycles. The van der Waals surface area contributed by atoms with Gasteiger partial charge in [-0.25, -0.2) is 0 Å². The number of anilines is 1. The van der Waals surface area contributed by atoms with Gasteiger partial charge < -0.3 is 10.2 Å². The van der Waals surface area contributed by atoms with Gasteiger partial charge >= 0.3 is 0 Å². The number of nitrogens with zero attached hydrogens (tertiary/aromatic N) is 3. The Morgan fingerprint density at radius 3 is 3.24 bits per heavy atom. The van der Waals surface area contributed by atoms with Crippen molar-refractivity contribution in [1.82, 2.24) is 20.5 Å². The lowest BCUT2D eigenvalue weighted by Gasteiger charge is -2.30. The monoisotopic (exact) mass is 321 g/mol. The number of H-pyrrole nitrogens is 1. The second-order valence-electron chi connectivity index (χ2n) is 5.65. The van der Waals surface area contributed by atoms with Crippen molar-refractivity contribution in [3.63, 3.8) is 0 Å². The van der Waals surface area contributed by atoms with Gasteiger partial charge in [0.25, 0.3) is 0 Å². The largest absolute Gasteiger partial charge is 0.337 e. The minimum Gasteiger partial charge on any atom is -0.337 e. The predicted molar refractivity (Wildman–Crippen MR) is 89.2 cm³/mol. The van der Waals surface area contributed by atoms with Crippen LogP contribution in [0.1, 0.15) is 17.4 Å². The van der Waals surface area contributed by atoms with Gasteiger partial charge in [0.2, 0.25) is 5.95 Å². The summed E-state index contributed by atoms with van der Waals surface area (Å²) in [5.41, 5.74) is 1.49. The topological polar surface area (TPSA) is 56.8 Å². The van der Waals surface area contributed by atoms with Gasteiger partial charge in [-0.2, -0.15) is 16.7 Å². The number of rotatable bonds is 2. The van der Waals surface area contributed by atoms with Crippen LogP contribution in [0.2, 0.25) is 0 Å². The van der Waals surface area contributed by atoms with Crippen LogP contribution < -0.4 is 10.2 Å². The highest BCUT2D eigenvalue weighted by Crippen LogP contribution is 2.36. The first-order valence-electron chi connectivity index (χ1n) is 7.40. The Bertz CT molecular complexity index is 612. The molecule has 0 bridgehead atoms. The Morgan fingerprint density at radius 2 is 2.38 bits per heavy atom. The molecule has 1 fully saturated rings. The fourth-order valence-electron chi connectivity index (χ4n) is 2.88. The molecule has 112 valence electrons. The van der Waals surface area contributed by atoms with Crippen molar-refractivity contribution in [3.8, 4) is 10.7 Å². The van der Waals surface area contributed by atoms with E-state index >= 15 is 0 Å². The van der Waals surface area contributed by atoms with Crippen molar-refractivity contribution >= 4 is 29.0 Å². The van der Waals surface area contributed by atoms with E-state index < -0.39 is 0 Å². The van der Waals surface area contributed by atoms with Gasteiger partial charge in [0.15, 0.2) is 5.82 Å². The van der Waals surface area contributed by atoms with E-state index in [1.165, 1.54) is 27.5 Å². The molecule has 0 unspecified atom stereocenters. The first-order chi connectivity index (χ1) is 10.3. The van der Waals surface area contributed by atoms with Gasteiger partial charge in [0.1, 0.15) is 0 Å². The zero-order valence-corrected chi connectivity index (χ0v) is 13.7. The number of aromatic amines is 1. The molecular weight excluding hydrogens is 302 g/mol. The SMILES string of the molecule is C[C@@H]1CN(c2n[nH]c(-c3cc4c(s3)CCSC4)n2)CCN1. The zero-order valence-electron chi connectivity index (χ0n) is 12.1. The summed E-state index contributed by atoms with van der Waals surface area (Å²) in [7, 11) is 0. The molecular formula is C14H19N5S2. The molecule has 0 radical (unpaired) electrons. The number of piperazine rings is 1. The van der Waals surface area contributed by atoms with E-state index in [0.717, 1.165) is 37.2 Å². The summed E-state index contributed by atoms with van der Waals surface area (Å²) < 4.78 is 0. The van der Waals surface area contributed by atoms with Gasteiger partial charge in [-0.05, 0) is 30.7 Å². The lowest BCUT2D eigenvalue weighted by Crippen LogP contribution is -2.49.